The van der Waals surface area contributed by atoms with E-state index in [0.717, 1.165) is 16.2 Å². The average Bonchev–Trinajstić information content (AvgIpc) is 2.59. The number of carbonyl (C=O) groups excluding carboxylic acids is 1. The minimum absolute atomic E-state index is 0.0865. The van der Waals surface area contributed by atoms with Gasteiger partial charge in [0.2, 0.25) is 0 Å². The van der Waals surface area contributed by atoms with E-state index in [-0.39, 0.29) is 5.91 Å². The summed E-state index contributed by atoms with van der Waals surface area (Å²) in [6.07, 6.45) is 0. The molecule has 0 aliphatic rings. The molecule has 2 aromatic carbocycles. The smallest absolute Gasteiger partial charge is 0.252 e. The van der Waals surface area contributed by atoms with Crippen molar-refractivity contribution in [2.45, 2.75) is 30.5 Å². The van der Waals surface area contributed by atoms with Crippen LogP contribution in [0.4, 0.5) is 0 Å². The van der Waals surface area contributed by atoms with Gasteiger partial charge in [0.05, 0.1) is 19.8 Å². The number of benzene rings is 2. The van der Waals surface area contributed by atoms with E-state index in [0.29, 0.717) is 23.1 Å². The molecule has 4 nitrogen and oxygen atoms in total. The van der Waals surface area contributed by atoms with Crippen molar-refractivity contribution in [3.05, 3.63) is 53.6 Å². The molecule has 0 bridgehead atoms. The molecule has 24 heavy (non-hydrogen) atoms. The van der Waals surface area contributed by atoms with Crippen LogP contribution in [0.3, 0.4) is 0 Å². The quantitative estimate of drug-likeness (QED) is 0.766. The summed E-state index contributed by atoms with van der Waals surface area (Å²) in [6.45, 7) is 4.62. The number of carbonyl (C=O) groups is 1. The van der Waals surface area contributed by atoms with Crippen LogP contribution in [-0.4, -0.2) is 25.4 Å². The molecule has 1 N–H and O–H groups in total. The molecule has 0 aliphatic carbocycles. The van der Waals surface area contributed by atoms with Crippen molar-refractivity contribution in [3.8, 4) is 11.5 Å². The minimum atomic E-state index is -0.0865. The van der Waals surface area contributed by atoms with Crippen LogP contribution in [0.25, 0.3) is 0 Å². The fourth-order valence-corrected chi connectivity index (χ4v) is 3.23. The van der Waals surface area contributed by atoms with Crippen LogP contribution in [0, 0.1) is 0 Å². The van der Waals surface area contributed by atoms with E-state index >= 15 is 0 Å². The third-order valence-corrected chi connectivity index (χ3v) is 4.51. The first-order chi connectivity index (χ1) is 11.5. The molecule has 0 saturated heterocycles. The molecule has 5 heteroatoms. The zero-order valence-electron chi connectivity index (χ0n) is 14.5. The van der Waals surface area contributed by atoms with Gasteiger partial charge in [0.15, 0.2) is 0 Å². The maximum absolute atomic E-state index is 12.6. The van der Waals surface area contributed by atoms with E-state index in [1.807, 2.05) is 42.5 Å². The molecule has 0 fully saturated rings. The van der Waals surface area contributed by atoms with Gasteiger partial charge in [0.1, 0.15) is 11.5 Å². The molecule has 0 spiro atoms. The van der Waals surface area contributed by atoms with E-state index in [4.69, 9.17) is 9.47 Å². The van der Waals surface area contributed by atoms with Crippen LogP contribution in [0.2, 0.25) is 0 Å². The van der Waals surface area contributed by atoms with Crippen LogP contribution in [0.1, 0.15) is 29.8 Å². The Hall–Kier alpha value is -2.14. The number of rotatable bonds is 7. The van der Waals surface area contributed by atoms with Crippen molar-refractivity contribution >= 4 is 17.7 Å². The van der Waals surface area contributed by atoms with Gasteiger partial charge in [-0.3, -0.25) is 4.79 Å². The molecular weight excluding hydrogens is 322 g/mol. The molecule has 0 aromatic heterocycles. The van der Waals surface area contributed by atoms with Crippen LogP contribution in [-0.2, 0) is 6.54 Å². The van der Waals surface area contributed by atoms with Crippen molar-refractivity contribution in [1.82, 2.24) is 5.32 Å². The molecule has 0 heterocycles. The van der Waals surface area contributed by atoms with Crippen molar-refractivity contribution in [2.24, 2.45) is 0 Å². The van der Waals surface area contributed by atoms with Gasteiger partial charge in [-0.05, 0) is 24.3 Å². The molecule has 2 aromatic rings. The van der Waals surface area contributed by atoms with Gasteiger partial charge in [0.25, 0.3) is 5.91 Å². The van der Waals surface area contributed by atoms with Gasteiger partial charge >= 0.3 is 0 Å². The normalized spacial score (nSPS) is 10.5. The van der Waals surface area contributed by atoms with Gasteiger partial charge in [-0.15, -0.1) is 11.8 Å². The Labute approximate surface area is 147 Å². The predicted molar refractivity (Wildman–Crippen MR) is 98.2 cm³/mol. The Morgan fingerprint density at radius 1 is 1.12 bits per heavy atom. The predicted octanol–water partition coefficient (Wildman–Crippen LogP) is 4.13. The summed E-state index contributed by atoms with van der Waals surface area (Å²) >= 11 is 1.69. The summed E-state index contributed by atoms with van der Waals surface area (Å²) in [7, 11) is 3.22. The maximum atomic E-state index is 12.6. The Balaban J connectivity index is 2.11. The molecule has 0 radical (unpaired) electrons. The highest BCUT2D eigenvalue weighted by molar-refractivity contribution is 8.00. The first-order valence-corrected chi connectivity index (χ1v) is 8.68. The molecule has 2 rings (SSSR count). The van der Waals surface area contributed by atoms with E-state index in [1.54, 1.807) is 26.0 Å². The standard InChI is InChI=1S/C19H23NO3S/c1-13(2)24-18-8-6-5-7-16(18)19(21)20-12-14-9-10-15(22-3)11-17(14)23-4/h5-11,13H,12H2,1-4H3,(H,20,21). The second-order valence-electron chi connectivity index (χ2n) is 5.52. The number of amides is 1. The highest BCUT2D eigenvalue weighted by Crippen LogP contribution is 2.27. The number of hydrogen-bond acceptors (Lipinski definition) is 4. The monoisotopic (exact) mass is 345 g/mol. The first kappa shape index (κ1) is 18.2. The van der Waals surface area contributed by atoms with E-state index in [9.17, 15) is 4.79 Å². The summed E-state index contributed by atoms with van der Waals surface area (Å²) in [6, 6.07) is 13.2. The maximum Gasteiger partial charge on any atom is 0.252 e. The minimum Gasteiger partial charge on any atom is -0.497 e. The highest BCUT2D eigenvalue weighted by atomic mass is 32.2. The first-order valence-electron chi connectivity index (χ1n) is 7.80. The van der Waals surface area contributed by atoms with Gasteiger partial charge in [-0.1, -0.05) is 26.0 Å². The fourth-order valence-electron chi connectivity index (χ4n) is 2.28. The number of thioether (sulfide) groups is 1. The largest absolute Gasteiger partial charge is 0.497 e. The van der Waals surface area contributed by atoms with E-state index in [2.05, 4.69) is 19.2 Å². The van der Waals surface area contributed by atoms with Crippen molar-refractivity contribution in [2.75, 3.05) is 14.2 Å². The summed E-state index contributed by atoms with van der Waals surface area (Å²) in [5, 5.41) is 3.39. The molecule has 1 amide bonds. The zero-order chi connectivity index (χ0) is 17.5. The molecule has 0 unspecified atom stereocenters. The van der Waals surface area contributed by atoms with Gasteiger partial charge in [0, 0.05) is 28.3 Å². The molecular formula is C19H23NO3S. The average molecular weight is 345 g/mol. The van der Waals surface area contributed by atoms with Crippen LogP contribution < -0.4 is 14.8 Å². The summed E-state index contributed by atoms with van der Waals surface area (Å²) in [5.41, 5.74) is 1.60. The van der Waals surface area contributed by atoms with Crippen LogP contribution in [0.5, 0.6) is 11.5 Å². The van der Waals surface area contributed by atoms with Gasteiger partial charge < -0.3 is 14.8 Å². The van der Waals surface area contributed by atoms with Crippen molar-refractivity contribution in [3.63, 3.8) is 0 Å². The lowest BCUT2D eigenvalue weighted by atomic mass is 10.1. The summed E-state index contributed by atoms with van der Waals surface area (Å²) < 4.78 is 10.6. The Morgan fingerprint density at radius 2 is 1.88 bits per heavy atom. The summed E-state index contributed by atoms with van der Waals surface area (Å²) in [5.74, 6) is 1.33. The third-order valence-electron chi connectivity index (χ3n) is 3.43. The second-order valence-corrected chi connectivity index (χ2v) is 7.14. The fraction of sp³-hybridized carbons (Fsp3) is 0.316. The number of methoxy groups -OCH3 is 2. The lowest BCUT2D eigenvalue weighted by molar-refractivity contribution is 0.0948. The molecule has 128 valence electrons. The third kappa shape index (κ3) is 4.68. The van der Waals surface area contributed by atoms with Gasteiger partial charge in [-0.25, -0.2) is 0 Å². The second kappa shape index (κ2) is 8.64. The molecule has 0 atom stereocenters. The van der Waals surface area contributed by atoms with E-state index in [1.165, 1.54) is 0 Å². The lowest BCUT2D eigenvalue weighted by Crippen LogP contribution is -2.23. The number of hydrogen-bond donors (Lipinski definition) is 1. The Kier molecular flexibility index (Phi) is 6.55. The Morgan fingerprint density at radius 3 is 2.54 bits per heavy atom. The lowest BCUT2D eigenvalue weighted by Gasteiger charge is -2.13. The van der Waals surface area contributed by atoms with E-state index < -0.39 is 0 Å². The van der Waals surface area contributed by atoms with Crippen molar-refractivity contribution in [1.29, 1.82) is 0 Å². The number of nitrogens with one attached hydrogen (secondary N) is 1. The topological polar surface area (TPSA) is 47.6 Å². The SMILES string of the molecule is COc1ccc(CNC(=O)c2ccccc2SC(C)C)c(OC)c1. The highest BCUT2D eigenvalue weighted by Gasteiger charge is 2.13. The Bertz CT molecular complexity index is 701. The van der Waals surface area contributed by atoms with Crippen molar-refractivity contribution < 1.29 is 14.3 Å². The molecule has 0 saturated carbocycles. The zero-order valence-corrected chi connectivity index (χ0v) is 15.3. The van der Waals surface area contributed by atoms with Crippen LogP contribution >= 0.6 is 11.8 Å². The van der Waals surface area contributed by atoms with Gasteiger partial charge in [-0.2, -0.15) is 0 Å². The van der Waals surface area contributed by atoms with Crippen LogP contribution in [0.15, 0.2) is 47.4 Å². The number of ether oxygens (including phenoxy) is 2. The molecule has 0 aliphatic heterocycles. The summed E-state index contributed by atoms with van der Waals surface area (Å²) in [4.78, 5) is 13.5.